The number of hydrogen-bond donors (Lipinski definition) is 0. The number of carbonyl (C=O) groups is 1. The monoisotopic (exact) mass is 539 g/mol. The summed E-state index contributed by atoms with van der Waals surface area (Å²) >= 11 is 0. The molecular formula is C31H37N7O2. The van der Waals surface area contributed by atoms with E-state index in [2.05, 4.69) is 70.7 Å². The van der Waals surface area contributed by atoms with E-state index in [0.29, 0.717) is 38.8 Å². The second-order valence-corrected chi connectivity index (χ2v) is 10.8. The molecule has 1 unspecified atom stereocenters. The predicted molar refractivity (Wildman–Crippen MR) is 158 cm³/mol. The minimum Gasteiger partial charge on any atom is -0.462 e. The molecule has 0 bridgehead atoms. The lowest BCUT2D eigenvalue weighted by molar-refractivity contribution is -0.128. The van der Waals surface area contributed by atoms with E-state index in [1.54, 1.807) is 4.90 Å². The Hall–Kier alpha value is -4.16. The third kappa shape index (κ3) is 5.73. The number of ether oxygens (including phenoxy) is 1. The summed E-state index contributed by atoms with van der Waals surface area (Å²) in [6.45, 7) is 10.2. The number of hydrogen-bond acceptors (Lipinski definition) is 8. The average molecular weight is 540 g/mol. The quantitative estimate of drug-likeness (QED) is 0.402. The van der Waals surface area contributed by atoms with E-state index in [1.807, 2.05) is 14.1 Å². The molecule has 1 fully saturated rings. The standard InChI is InChI=1S/C31H37N7O2/c1-5-29(39)38-15-14-37(20-24(38)10-12-32)30-26-11-13-36(21-27(26)33-31(34-30)40-17-16-35(3)4)28-19-22(2)18-23-8-6-7-9-25(23)28/h5-9,18-19,24H,1,10-11,13-17,20-21H2,2-4H3. The minimum absolute atomic E-state index is 0.140. The van der Waals surface area contributed by atoms with Gasteiger partial charge in [-0.05, 0) is 50.5 Å². The highest BCUT2D eigenvalue weighted by atomic mass is 16.5. The molecule has 2 aliphatic heterocycles. The van der Waals surface area contributed by atoms with E-state index < -0.39 is 0 Å². The summed E-state index contributed by atoms with van der Waals surface area (Å²) in [7, 11) is 4.01. The number of anilines is 2. The molecule has 1 aromatic heterocycles. The lowest BCUT2D eigenvalue weighted by atomic mass is 10.00. The maximum absolute atomic E-state index is 12.5. The molecule has 1 saturated heterocycles. The largest absolute Gasteiger partial charge is 0.462 e. The minimum atomic E-state index is -0.230. The van der Waals surface area contributed by atoms with Crippen molar-refractivity contribution in [2.24, 2.45) is 0 Å². The van der Waals surface area contributed by atoms with Crippen LogP contribution in [-0.2, 0) is 17.8 Å². The van der Waals surface area contributed by atoms with Crippen LogP contribution in [-0.4, -0.2) is 85.1 Å². The third-order valence-electron chi connectivity index (χ3n) is 7.68. The molecule has 9 heteroatoms. The van der Waals surface area contributed by atoms with Crippen LogP contribution in [0.1, 0.15) is 23.2 Å². The first kappa shape index (κ1) is 27.4. The van der Waals surface area contributed by atoms with Crippen LogP contribution in [0, 0.1) is 18.3 Å². The van der Waals surface area contributed by atoms with Crippen LogP contribution in [0.3, 0.4) is 0 Å². The summed E-state index contributed by atoms with van der Waals surface area (Å²) < 4.78 is 6.06. The van der Waals surface area contributed by atoms with Crippen LogP contribution < -0.4 is 14.5 Å². The Morgan fingerprint density at radius 1 is 1.20 bits per heavy atom. The Kier molecular flexibility index (Phi) is 8.17. The number of aromatic nitrogens is 2. The van der Waals surface area contributed by atoms with Crippen LogP contribution >= 0.6 is 0 Å². The molecule has 0 N–H and O–H groups in total. The number of nitrogens with zero attached hydrogens (tertiary/aromatic N) is 7. The van der Waals surface area contributed by atoms with Gasteiger partial charge < -0.3 is 24.3 Å². The van der Waals surface area contributed by atoms with E-state index in [4.69, 9.17) is 14.7 Å². The van der Waals surface area contributed by atoms with Crippen LogP contribution in [0.5, 0.6) is 6.01 Å². The molecule has 1 atom stereocenters. The van der Waals surface area contributed by atoms with Crippen molar-refractivity contribution in [1.29, 1.82) is 5.26 Å². The molecule has 9 nitrogen and oxygen atoms in total. The molecule has 0 radical (unpaired) electrons. The highest BCUT2D eigenvalue weighted by molar-refractivity contribution is 5.95. The Labute approximate surface area is 236 Å². The van der Waals surface area contributed by atoms with Gasteiger partial charge in [-0.15, -0.1) is 0 Å². The molecule has 0 saturated carbocycles. The van der Waals surface area contributed by atoms with Crippen molar-refractivity contribution in [3.05, 3.63) is 65.9 Å². The van der Waals surface area contributed by atoms with Gasteiger partial charge in [0.05, 0.1) is 30.8 Å². The first-order valence-electron chi connectivity index (χ1n) is 13.8. The van der Waals surface area contributed by atoms with Crippen LogP contribution in [0.4, 0.5) is 11.5 Å². The zero-order valence-corrected chi connectivity index (χ0v) is 23.6. The summed E-state index contributed by atoms with van der Waals surface area (Å²) in [6.07, 6.45) is 2.37. The van der Waals surface area contributed by atoms with Gasteiger partial charge >= 0.3 is 6.01 Å². The predicted octanol–water partition coefficient (Wildman–Crippen LogP) is 3.56. The Morgan fingerprint density at radius 2 is 2.02 bits per heavy atom. The number of likely N-dealkylation sites (N-methyl/N-ethyl adjacent to an activating group) is 1. The van der Waals surface area contributed by atoms with Gasteiger partial charge in [0.25, 0.3) is 0 Å². The molecule has 5 rings (SSSR count). The first-order chi connectivity index (χ1) is 19.4. The van der Waals surface area contributed by atoms with Crippen molar-refractivity contribution in [2.45, 2.75) is 32.4 Å². The second kappa shape index (κ2) is 11.9. The van der Waals surface area contributed by atoms with Gasteiger partial charge in [0.1, 0.15) is 12.4 Å². The molecule has 3 heterocycles. The van der Waals surface area contributed by atoms with Crippen LogP contribution in [0.25, 0.3) is 10.8 Å². The lowest BCUT2D eigenvalue weighted by Crippen LogP contribution is -2.55. The Bertz CT molecular complexity index is 1450. The van der Waals surface area contributed by atoms with Gasteiger partial charge in [-0.3, -0.25) is 4.79 Å². The zero-order chi connectivity index (χ0) is 28.2. The van der Waals surface area contributed by atoms with Crippen molar-refractivity contribution in [1.82, 2.24) is 19.8 Å². The van der Waals surface area contributed by atoms with Gasteiger partial charge in [-0.1, -0.05) is 36.9 Å². The number of aryl methyl sites for hydroxylation is 1. The number of nitriles is 1. The van der Waals surface area contributed by atoms with Gasteiger partial charge in [0.15, 0.2) is 0 Å². The van der Waals surface area contributed by atoms with Gasteiger partial charge in [0, 0.05) is 49.4 Å². The normalized spacial score (nSPS) is 17.1. The van der Waals surface area contributed by atoms with Crippen molar-refractivity contribution in [3.63, 3.8) is 0 Å². The van der Waals surface area contributed by atoms with Crippen molar-refractivity contribution in [2.75, 3.05) is 63.2 Å². The highest BCUT2D eigenvalue weighted by Gasteiger charge is 2.33. The number of fused-ring (bicyclic) bond motifs is 2. The number of rotatable bonds is 8. The number of piperazine rings is 1. The summed E-state index contributed by atoms with van der Waals surface area (Å²) in [5.41, 5.74) is 4.52. The Balaban J connectivity index is 1.49. The van der Waals surface area contributed by atoms with E-state index >= 15 is 0 Å². The molecule has 2 aromatic carbocycles. The molecule has 2 aliphatic rings. The number of amides is 1. The van der Waals surface area contributed by atoms with E-state index in [0.717, 1.165) is 36.6 Å². The Morgan fingerprint density at radius 3 is 2.80 bits per heavy atom. The zero-order valence-electron chi connectivity index (χ0n) is 23.6. The summed E-state index contributed by atoms with van der Waals surface area (Å²) in [4.78, 5) is 30.7. The maximum atomic E-state index is 12.5. The highest BCUT2D eigenvalue weighted by Crippen LogP contribution is 2.35. The summed E-state index contributed by atoms with van der Waals surface area (Å²) in [5.74, 6) is 0.714. The van der Waals surface area contributed by atoms with Crippen molar-refractivity contribution < 1.29 is 9.53 Å². The van der Waals surface area contributed by atoms with Crippen molar-refractivity contribution >= 4 is 28.2 Å². The topological polar surface area (TPSA) is 88.8 Å². The molecule has 0 spiro atoms. The van der Waals surface area contributed by atoms with E-state index in [9.17, 15) is 10.1 Å². The fourth-order valence-electron chi connectivity index (χ4n) is 5.67. The van der Waals surface area contributed by atoms with E-state index in [1.165, 1.54) is 28.1 Å². The summed E-state index contributed by atoms with van der Waals surface area (Å²) in [5, 5.41) is 11.9. The molecule has 3 aromatic rings. The van der Waals surface area contributed by atoms with Crippen molar-refractivity contribution in [3.8, 4) is 12.1 Å². The fraction of sp³-hybridized carbons (Fsp3) is 0.419. The maximum Gasteiger partial charge on any atom is 0.318 e. The van der Waals surface area contributed by atoms with Gasteiger partial charge in [0.2, 0.25) is 5.91 Å². The number of carbonyl (C=O) groups excluding carboxylic acids is 1. The van der Waals surface area contributed by atoms with Gasteiger partial charge in [-0.25, -0.2) is 0 Å². The van der Waals surface area contributed by atoms with E-state index in [-0.39, 0.29) is 18.4 Å². The SMILES string of the molecule is C=CC(=O)N1CCN(c2nc(OCCN(C)C)nc3c2CCN(c2cc(C)cc4ccccc24)C3)CC1CC#N. The molecule has 40 heavy (non-hydrogen) atoms. The van der Waals surface area contributed by atoms with Gasteiger partial charge in [-0.2, -0.15) is 15.2 Å². The lowest BCUT2D eigenvalue weighted by Gasteiger charge is -2.42. The van der Waals surface area contributed by atoms with Crippen LogP contribution in [0.2, 0.25) is 0 Å². The molecule has 1 amide bonds. The molecule has 208 valence electrons. The smallest absolute Gasteiger partial charge is 0.318 e. The summed E-state index contributed by atoms with van der Waals surface area (Å²) in [6, 6.07) is 15.4. The first-order valence-corrected chi connectivity index (χ1v) is 13.8. The average Bonchev–Trinajstić information content (AvgIpc) is 2.95. The number of benzene rings is 2. The third-order valence-corrected chi connectivity index (χ3v) is 7.68. The second-order valence-electron chi connectivity index (χ2n) is 10.8. The molecular weight excluding hydrogens is 502 g/mol. The molecule has 0 aliphatic carbocycles. The fourth-order valence-corrected chi connectivity index (χ4v) is 5.67. The van der Waals surface area contributed by atoms with Crippen LogP contribution in [0.15, 0.2) is 49.1 Å².